The van der Waals surface area contributed by atoms with Crippen LogP contribution in [0.25, 0.3) is 21.3 Å². The van der Waals surface area contributed by atoms with E-state index in [9.17, 15) is 14.0 Å². The molecule has 0 amide bonds. The summed E-state index contributed by atoms with van der Waals surface area (Å²) in [6.07, 6.45) is 0. The van der Waals surface area contributed by atoms with Gasteiger partial charge in [0.05, 0.1) is 18.1 Å². The number of aromatic amines is 1. The van der Waals surface area contributed by atoms with E-state index in [0.717, 1.165) is 16.7 Å². The van der Waals surface area contributed by atoms with Crippen LogP contribution in [0.2, 0.25) is 0 Å². The van der Waals surface area contributed by atoms with E-state index < -0.39 is 0 Å². The van der Waals surface area contributed by atoms with E-state index in [0.29, 0.717) is 26.7 Å². The van der Waals surface area contributed by atoms with Gasteiger partial charge in [0.1, 0.15) is 10.6 Å². The second kappa shape index (κ2) is 8.18. The number of carbonyl (C=O) groups excluding carboxylic acids is 1. The number of thiophene rings is 1. The fourth-order valence-electron chi connectivity index (χ4n) is 2.85. The number of hydrogen-bond acceptors (Lipinski definition) is 6. The Morgan fingerprint density at radius 1 is 1.17 bits per heavy atom. The van der Waals surface area contributed by atoms with Crippen molar-refractivity contribution < 1.29 is 13.9 Å². The fourth-order valence-corrected chi connectivity index (χ4v) is 4.67. The highest BCUT2D eigenvalue weighted by Crippen LogP contribution is 2.32. The lowest BCUT2D eigenvalue weighted by atomic mass is 10.1. The van der Waals surface area contributed by atoms with Gasteiger partial charge >= 0.3 is 5.97 Å². The Labute approximate surface area is 173 Å². The van der Waals surface area contributed by atoms with Crippen LogP contribution in [0.4, 0.5) is 4.39 Å². The zero-order valence-electron chi connectivity index (χ0n) is 15.3. The van der Waals surface area contributed by atoms with Crippen LogP contribution in [0.15, 0.2) is 63.9 Å². The number of ether oxygens (including phenoxy) is 1. The Kier molecular flexibility index (Phi) is 5.46. The van der Waals surface area contributed by atoms with E-state index in [1.807, 2.05) is 17.5 Å². The lowest BCUT2D eigenvalue weighted by Crippen LogP contribution is -2.08. The van der Waals surface area contributed by atoms with Crippen LogP contribution in [0.1, 0.15) is 15.9 Å². The molecular formula is C21H15FN2O3S2. The van der Waals surface area contributed by atoms with Crippen molar-refractivity contribution in [3.63, 3.8) is 0 Å². The second-order valence-electron chi connectivity index (χ2n) is 6.18. The first kappa shape index (κ1) is 19.4. The van der Waals surface area contributed by atoms with Crippen LogP contribution in [0, 0.1) is 5.82 Å². The second-order valence-corrected chi connectivity index (χ2v) is 8.01. The van der Waals surface area contributed by atoms with E-state index in [2.05, 4.69) is 14.7 Å². The van der Waals surface area contributed by atoms with Crippen LogP contribution >= 0.6 is 23.1 Å². The molecule has 0 bridgehead atoms. The van der Waals surface area contributed by atoms with Crippen LogP contribution < -0.4 is 5.56 Å². The molecule has 0 saturated carbocycles. The van der Waals surface area contributed by atoms with Gasteiger partial charge in [-0.15, -0.1) is 11.3 Å². The highest BCUT2D eigenvalue weighted by atomic mass is 32.2. The summed E-state index contributed by atoms with van der Waals surface area (Å²) in [7, 11) is 1.34. The van der Waals surface area contributed by atoms with Crippen molar-refractivity contribution in [1.29, 1.82) is 0 Å². The van der Waals surface area contributed by atoms with Crippen molar-refractivity contribution in [2.24, 2.45) is 0 Å². The van der Waals surface area contributed by atoms with Crippen LogP contribution in [-0.2, 0) is 10.5 Å². The molecule has 8 heteroatoms. The summed E-state index contributed by atoms with van der Waals surface area (Å²) in [5.41, 5.74) is 2.77. The van der Waals surface area contributed by atoms with Crippen LogP contribution in [0.5, 0.6) is 0 Å². The van der Waals surface area contributed by atoms with E-state index in [1.165, 1.54) is 42.3 Å². The zero-order chi connectivity index (χ0) is 20.4. The lowest BCUT2D eigenvalue weighted by Gasteiger charge is -2.04. The Morgan fingerprint density at radius 3 is 2.59 bits per heavy atom. The SMILES string of the molecule is COC(=O)c1ccc(CSc2nc3scc(-c4ccc(F)cc4)c3c(=O)[nH]2)cc1. The molecule has 0 aliphatic rings. The highest BCUT2D eigenvalue weighted by molar-refractivity contribution is 7.98. The van der Waals surface area contributed by atoms with Gasteiger partial charge in [0.15, 0.2) is 5.16 Å². The van der Waals surface area contributed by atoms with Crippen molar-refractivity contribution >= 4 is 39.3 Å². The molecular weight excluding hydrogens is 411 g/mol. The van der Waals surface area contributed by atoms with E-state index >= 15 is 0 Å². The molecule has 0 fully saturated rings. The average molecular weight is 426 g/mol. The number of methoxy groups -OCH3 is 1. The molecule has 0 unspecified atom stereocenters. The average Bonchev–Trinajstić information content (AvgIpc) is 3.17. The standard InChI is InChI=1S/C21H15FN2O3S2/c1-27-20(26)14-4-2-12(3-5-14)10-29-21-23-18(25)17-16(11-28-19(17)24-21)13-6-8-15(22)9-7-13/h2-9,11H,10H2,1H3,(H,23,24,25). The first-order chi connectivity index (χ1) is 14.0. The number of hydrogen-bond donors (Lipinski definition) is 1. The maximum absolute atomic E-state index is 13.2. The van der Waals surface area contributed by atoms with Gasteiger partial charge in [-0.2, -0.15) is 0 Å². The molecule has 4 rings (SSSR count). The monoisotopic (exact) mass is 426 g/mol. The van der Waals surface area contributed by atoms with Crippen molar-refractivity contribution in [2.45, 2.75) is 10.9 Å². The van der Waals surface area contributed by atoms with E-state index in [-0.39, 0.29) is 17.3 Å². The molecule has 0 saturated heterocycles. The number of nitrogens with zero attached hydrogens (tertiary/aromatic N) is 1. The van der Waals surface area contributed by atoms with Gasteiger partial charge in [0.25, 0.3) is 5.56 Å². The molecule has 0 atom stereocenters. The number of thioether (sulfide) groups is 1. The molecule has 2 aromatic heterocycles. The Morgan fingerprint density at radius 2 is 1.90 bits per heavy atom. The summed E-state index contributed by atoms with van der Waals surface area (Å²) >= 11 is 2.78. The number of carbonyl (C=O) groups is 1. The number of halogens is 1. The topological polar surface area (TPSA) is 72.0 Å². The number of rotatable bonds is 5. The molecule has 0 radical (unpaired) electrons. The number of H-pyrrole nitrogens is 1. The molecule has 4 aromatic rings. The van der Waals surface area contributed by atoms with Gasteiger partial charge in [-0.1, -0.05) is 36.0 Å². The smallest absolute Gasteiger partial charge is 0.337 e. The number of esters is 1. The summed E-state index contributed by atoms with van der Waals surface area (Å²) in [5, 5.41) is 2.89. The maximum Gasteiger partial charge on any atom is 0.337 e. The number of fused-ring (bicyclic) bond motifs is 1. The molecule has 5 nitrogen and oxygen atoms in total. The summed E-state index contributed by atoms with van der Waals surface area (Å²) < 4.78 is 17.9. The maximum atomic E-state index is 13.2. The minimum Gasteiger partial charge on any atom is -0.465 e. The summed E-state index contributed by atoms with van der Waals surface area (Å²) in [6, 6.07) is 13.1. The number of benzene rings is 2. The third kappa shape index (κ3) is 4.08. The molecule has 0 spiro atoms. The van der Waals surface area contributed by atoms with Gasteiger partial charge < -0.3 is 9.72 Å². The van der Waals surface area contributed by atoms with Gasteiger partial charge in [-0.25, -0.2) is 14.2 Å². The van der Waals surface area contributed by atoms with Gasteiger partial charge in [0, 0.05) is 16.7 Å². The minimum atomic E-state index is -0.379. The number of nitrogens with one attached hydrogen (secondary N) is 1. The van der Waals surface area contributed by atoms with Crippen molar-refractivity contribution in [2.75, 3.05) is 7.11 Å². The first-order valence-electron chi connectivity index (χ1n) is 8.62. The van der Waals surface area contributed by atoms with Gasteiger partial charge in [0.2, 0.25) is 0 Å². The molecule has 1 N–H and O–H groups in total. The van der Waals surface area contributed by atoms with E-state index in [4.69, 9.17) is 0 Å². The van der Waals surface area contributed by atoms with Crippen molar-refractivity contribution in [3.05, 3.63) is 81.2 Å². The first-order valence-corrected chi connectivity index (χ1v) is 10.5. The van der Waals surface area contributed by atoms with Crippen LogP contribution in [0.3, 0.4) is 0 Å². The lowest BCUT2D eigenvalue weighted by molar-refractivity contribution is 0.0600. The Hall–Kier alpha value is -2.97. The minimum absolute atomic E-state index is 0.223. The molecule has 0 aliphatic heterocycles. The predicted molar refractivity (Wildman–Crippen MR) is 113 cm³/mol. The summed E-state index contributed by atoms with van der Waals surface area (Å²) in [5.74, 6) is -0.111. The van der Waals surface area contributed by atoms with Crippen molar-refractivity contribution in [1.82, 2.24) is 9.97 Å². The van der Waals surface area contributed by atoms with Gasteiger partial charge in [-0.3, -0.25) is 4.79 Å². The molecule has 146 valence electrons. The summed E-state index contributed by atoms with van der Waals surface area (Å²) in [6.45, 7) is 0. The van der Waals surface area contributed by atoms with Crippen molar-refractivity contribution in [3.8, 4) is 11.1 Å². The highest BCUT2D eigenvalue weighted by Gasteiger charge is 2.13. The largest absolute Gasteiger partial charge is 0.465 e. The third-order valence-corrected chi connectivity index (χ3v) is 6.14. The van der Waals surface area contributed by atoms with E-state index in [1.54, 1.807) is 24.3 Å². The molecule has 2 aromatic carbocycles. The molecule has 0 aliphatic carbocycles. The van der Waals surface area contributed by atoms with Crippen LogP contribution in [-0.4, -0.2) is 23.0 Å². The number of aromatic nitrogens is 2. The molecule has 2 heterocycles. The predicted octanol–water partition coefficient (Wildman–Crippen LogP) is 4.87. The third-order valence-electron chi connectivity index (χ3n) is 4.33. The normalized spacial score (nSPS) is 11.0. The Balaban J connectivity index is 1.56. The zero-order valence-corrected chi connectivity index (χ0v) is 16.9. The summed E-state index contributed by atoms with van der Waals surface area (Å²) in [4.78, 5) is 32.2. The Bertz CT molecular complexity index is 1230. The quantitative estimate of drug-likeness (QED) is 0.280. The van der Waals surface area contributed by atoms with Gasteiger partial charge in [-0.05, 0) is 35.4 Å². The fraction of sp³-hybridized carbons (Fsp3) is 0.0952. The molecule has 29 heavy (non-hydrogen) atoms.